The van der Waals surface area contributed by atoms with Crippen molar-refractivity contribution >= 4 is 34.6 Å². The van der Waals surface area contributed by atoms with Gasteiger partial charge in [0.1, 0.15) is 0 Å². The molecule has 0 aliphatic heterocycles. The Morgan fingerprint density at radius 3 is 2.12 bits per heavy atom. The highest BCUT2D eigenvalue weighted by Crippen LogP contribution is 2.34. The van der Waals surface area contributed by atoms with Crippen LogP contribution in [-0.2, 0) is 0 Å². The third-order valence-electron chi connectivity index (χ3n) is 2.56. The molecule has 0 saturated heterocycles. The number of hydrogen-bond acceptors (Lipinski definition) is 2. The van der Waals surface area contributed by atoms with Gasteiger partial charge in [-0.05, 0) is 31.9 Å². The Hall–Kier alpha value is -0.600. The summed E-state index contributed by atoms with van der Waals surface area (Å²) in [6.45, 7) is 9.60. The molecule has 0 aromatic heterocycles. The lowest BCUT2D eigenvalue weighted by Crippen LogP contribution is -2.34. The second-order valence-corrected chi connectivity index (χ2v) is 5.78. The van der Waals surface area contributed by atoms with Crippen molar-refractivity contribution in [2.45, 2.75) is 33.7 Å². The van der Waals surface area contributed by atoms with E-state index in [0.717, 1.165) is 12.2 Å². The number of anilines is 2. The fraction of sp³-hybridized carbons (Fsp3) is 0.538. The van der Waals surface area contributed by atoms with Crippen LogP contribution in [0.25, 0.3) is 0 Å². The summed E-state index contributed by atoms with van der Waals surface area (Å²) in [5, 5.41) is 1.05. The number of benzene rings is 1. The van der Waals surface area contributed by atoms with Crippen LogP contribution in [-0.4, -0.2) is 12.6 Å². The fourth-order valence-electron chi connectivity index (χ4n) is 1.78. The molecular weight excluding hydrogens is 255 g/mol. The molecule has 2 N–H and O–H groups in total. The van der Waals surface area contributed by atoms with E-state index in [9.17, 15) is 0 Å². The highest BCUT2D eigenvalue weighted by molar-refractivity contribution is 6.42. The van der Waals surface area contributed by atoms with E-state index in [0.29, 0.717) is 27.7 Å². The molecule has 0 saturated carbocycles. The lowest BCUT2D eigenvalue weighted by Gasteiger charge is -2.32. The van der Waals surface area contributed by atoms with Crippen molar-refractivity contribution in [1.82, 2.24) is 0 Å². The first kappa shape index (κ1) is 14.5. The minimum atomic E-state index is 0.372. The summed E-state index contributed by atoms with van der Waals surface area (Å²) < 4.78 is 0. The topological polar surface area (TPSA) is 29.3 Å². The van der Waals surface area contributed by atoms with Crippen molar-refractivity contribution in [1.29, 1.82) is 0 Å². The summed E-state index contributed by atoms with van der Waals surface area (Å²) >= 11 is 12.0. The van der Waals surface area contributed by atoms with Gasteiger partial charge in [-0.1, -0.05) is 37.0 Å². The molecule has 96 valence electrons. The van der Waals surface area contributed by atoms with E-state index in [2.05, 4.69) is 32.6 Å². The smallest absolute Gasteiger partial charge is 0.0618 e. The Morgan fingerprint density at radius 1 is 1.12 bits per heavy atom. The van der Waals surface area contributed by atoms with E-state index >= 15 is 0 Å². The van der Waals surface area contributed by atoms with Crippen LogP contribution in [0, 0.1) is 5.92 Å². The van der Waals surface area contributed by atoms with Crippen molar-refractivity contribution in [3.63, 3.8) is 0 Å². The lowest BCUT2D eigenvalue weighted by atomic mass is 10.1. The average Bonchev–Trinajstić information content (AvgIpc) is 2.20. The third kappa shape index (κ3) is 3.68. The van der Waals surface area contributed by atoms with Crippen molar-refractivity contribution in [2.24, 2.45) is 5.92 Å². The number of rotatable bonds is 4. The zero-order valence-corrected chi connectivity index (χ0v) is 12.3. The van der Waals surface area contributed by atoms with Crippen LogP contribution in [0.5, 0.6) is 0 Å². The zero-order valence-electron chi connectivity index (χ0n) is 10.8. The normalized spacial score (nSPS) is 11.3. The van der Waals surface area contributed by atoms with Crippen LogP contribution in [0.2, 0.25) is 10.0 Å². The third-order valence-corrected chi connectivity index (χ3v) is 3.29. The summed E-state index contributed by atoms with van der Waals surface area (Å²) in [6.07, 6.45) is 0. The Bertz CT molecular complexity index is 389. The lowest BCUT2D eigenvalue weighted by molar-refractivity contribution is 0.571. The van der Waals surface area contributed by atoms with Gasteiger partial charge in [0.05, 0.1) is 21.4 Å². The highest BCUT2D eigenvalue weighted by Gasteiger charge is 2.16. The van der Waals surface area contributed by atoms with Crippen LogP contribution in [0.4, 0.5) is 11.4 Å². The fourth-order valence-corrected chi connectivity index (χ4v) is 2.11. The van der Waals surface area contributed by atoms with Gasteiger partial charge in [-0.15, -0.1) is 0 Å². The summed E-state index contributed by atoms with van der Waals surface area (Å²) in [5.74, 6) is 0.561. The van der Waals surface area contributed by atoms with Crippen molar-refractivity contribution in [3.8, 4) is 0 Å². The van der Waals surface area contributed by atoms with Crippen LogP contribution in [0.15, 0.2) is 12.1 Å². The van der Waals surface area contributed by atoms with E-state index in [1.165, 1.54) is 0 Å². The van der Waals surface area contributed by atoms with Crippen LogP contribution >= 0.6 is 23.2 Å². The summed E-state index contributed by atoms with van der Waals surface area (Å²) in [4.78, 5) is 2.25. The summed E-state index contributed by atoms with van der Waals surface area (Å²) in [5.41, 5.74) is 7.66. The number of hydrogen-bond donors (Lipinski definition) is 1. The molecule has 0 bridgehead atoms. The molecule has 0 unspecified atom stereocenters. The molecule has 0 aliphatic rings. The van der Waals surface area contributed by atoms with Gasteiger partial charge >= 0.3 is 0 Å². The monoisotopic (exact) mass is 274 g/mol. The molecule has 0 heterocycles. The standard InChI is InChI=1S/C13H20Cl2N2/c1-8(2)7-17(9(3)4)13-6-11(15)10(14)5-12(13)16/h5-6,8-9H,7,16H2,1-4H3. The maximum atomic E-state index is 6.06. The second-order valence-electron chi connectivity index (χ2n) is 4.97. The predicted molar refractivity (Wildman–Crippen MR) is 78.2 cm³/mol. The van der Waals surface area contributed by atoms with Crippen LogP contribution < -0.4 is 10.6 Å². The number of nitrogen functional groups attached to an aromatic ring is 1. The minimum absolute atomic E-state index is 0.372. The van der Waals surface area contributed by atoms with Crippen LogP contribution in [0.1, 0.15) is 27.7 Å². The molecule has 0 amide bonds. The molecule has 0 fully saturated rings. The molecule has 17 heavy (non-hydrogen) atoms. The molecule has 0 atom stereocenters. The van der Waals surface area contributed by atoms with Gasteiger partial charge in [0.2, 0.25) is 0 Å². The molecule has 0 spiro atoms. The van der Waals surface area contributed by atoms with Gasteiger partial charge in [0, 0.05) is 12.6 Å². The number of nitrogens with zero attached hydrogens (tertiary/aromatic N) is 1. The first-order chi connectivity index (χ1) is 7.82. The van der Waals surface area contributed by atoms with Crippen LogP contribution in [0.3, 0.4) is 0 Å². The molecule has 4 heteroatoms. The maximum Gasteiger partial charge on any atom is 0.0618 e. The molecule has 1 rings (SSSR count). The highest BCUT2D eigenvalue weighted by atomic mass is 35.5. The Labute approximate surface area is 114 Å². The molecular formula is C13H20Cl2N2. The van der Waals surface area contributed by atoms with E-state index in [1.54, 1.807) is 6.07 Å². The average molecular weight is 275 g/mol. The molecule has 1 aromatic rings. The largest absolute Gasteiger partial charge is 0.397 e. The van der Waals surface area contributed by atoms with Gasteiger partial charge < -0.3 is 10.6 Å². The van der Waals surface area contributed by atoms with E-state index in [1.807, 2.05) is 6.07 Å². The quantitative estimate of drug-likeness (QED) is 0.823. The van der Waals surface area contributed by atoms with E-state index in [-0.39, 0.29) is 0 Å². The SMILES string of the molecule is CC(C)CN(c1cc(Cl)c(Cl)cc1N)C(C)C. The molecule has 1 aromatic carbocycles. The second kappa shape index (κ2) is 5.83. The zero-order chi connectivity index (χ0) is 13.2. The van der Waals surface area contributed by atoms with Gasteiger partial charge in [0.25, 0.3) is 0 Å². The minimum Gasteiger partial charge on any atom is -0.397 e. The van der Waals surface area contributed by atoms with Gasteiger partial charge in [-0.25, -0.2) is 0 Å². The maximum absolute atomic E-state index is 6.06. The van der Waals surface area contributed by atoms with Crippen molar-refractivity contribution in [3.05, 3.63) is 22.2 Å². The van der Waals surface area contributed by atoms with Gasteiger partial charge in [-0.3, -0.25) is 0 Å². The number of nitrogens with two attached hydrogens (primary N) is 1. The first-order valence-corrected chi connectivity index (χ1v) is 6.59. The molecule has 2 nitrogen and oxygen atoms in total. The van der Waals surface area contributed by atoms with Crippen molar-refractivity contribution in [2.75, 3.05) is 17.2 Å². The van der Waals surface area contributed by atoms with E-state index < -0.39 is 0 Å². The predicted octanol–water partition coefficient (Wildman–Crippen LogP) is 4.45. The van der Waals surface area contributed by atoms with Gasteiger partial charge in [0.15, 0.2) is 0 Å². The Balaban J connectivity index is 3.14. The number of halogens is 2. The molecule has 0 radical (unpaired) electrons. The first-order valence-electron chi connectivity index (χ1n) is 5.84. The van der Waals surface area contributed by atoms with Crippen molar-refractivity contribution < 1.29 is 0 Å². The van der Waals surface area contributed by atoms with Gasteiger partial charge in [-0.2, -0.15) is 0 Å². The summed E-state index contributed by atoms with van der Waals surface area (Å²) in [6, 6.07) is 3.94. The Morgan fingerprint density at radius 2 is 1.65 bits per heavy atom. The summed E-state index contributed by atoms with van der Waals surface area (Å²) in [7, 11) is 0. The molecule has 0 aliphatic carbocycles. The Kier molecular flexibility index (Phi) is 4.96. The van der Waals surface area contributed by atoms with E-state index in [4.69, 9.17) is 28.9 Å².